The number of aliphatic hydroxyl groups excluding tert-OH is 1. The molecule has 0 radical (unpaired) electrons. The highest BCUT2D eigenvalue weighted by molar-refractivity contribution is 5.96. The SMILES string of the molecule is CC(C)C(NC(=O)C(N)Cc1c[nH]c2ccccc12)C(=O)NC(CC(N)=O)C(=O)NC(CO)C(=O)O. The molecule has 2 aromatic rings. The van der Waals surface area contributed by atoms with Gasteiger partial charge < -0.3 is 42.6 Å². The fourth-order valence-electron chi connectivity index (χ4n) is 3.56. The second kappa shape index (κ2) is 12.7. The van der Waals surface area contributed by atoms with E-state index in [4.69, 9.17) is 21.7 Å². The van der Waals surface area contributed by atoms with Crippen LogP contribution in [0.25, 0.3) is 10.9 Å². The minimum absolute atomic E-state index is 0.201. The summed E-state index contributed by atoms with van der Waals surface area (Å²) in [4.78, 5) is 63.9. The van der Waals surface area contributed by atoms with Crippen LogP contribution in [-0.2, 0) is 30.4 Å². The van der Waals surface area contributed by atoms with Gasteiger partial charge >= 0.3 is 5.97 Å². The van der Waals surface area contributed by atoms with Gasteiger partial charge in [0.25, 0.3) is 0 Å². The van der Waals surface area contributed by atoms with Gasteiger partial charge in [-0.1, -0.05) is 32.0 Å². The number of aromatic nitrogens is 1. The van der Waals surface area contributed by atoms with Gasteiger partial charge in [-0.15, -0.1) is 0 Å². The zero-order valence-electron chi connectivity index (χ0n) is 20.0. The van der Waals surface area contributed by atoms with Crippen LogP contribution in [0.5, 0.6) is 0 Å². The number of amides is 4. The van der Waals surface area contributed by atoms with Crippen molar-refractivity contribution in [3.8, 4) is 0 Å². The molecule has 1 aromatic heterocycles. The zero-order valence-corrected chi connectivity index (χ0v) is 20.0. The van der Waals surface area contributed by atoms with Crippen molar-refractivity contribution < 1.29 is 34.2 Å². The number of carbonyl (C=O) groups excluding carboxylic acids is 4. The van der Waals surface area contributed by atoms with Gasteiger partial charge in [0, 0.05) is 17.1 Å². The maximum atomic E-state index is 13.0. The molecule has 2 rings (SSSR count). The number of benzene rings is 1. The van der Waals surface area contributed by atoms with Crippen molar-refractivity contribution in [3.63, 3.8) is 0 Å². The van der Waals surface area contributed by atoms with Crippen LogP contribution in [0.2, 0.25) is 0 Å². The van der Waals surface area contributed by atoms with E-state index in [1.54, 1.807) is 20.0 Å². The molecule has 0 aliphatic heterocycles. The summed E-state index contributed by atoms with van der Waals surface area (Å²) in [7, 11) is 0. The number of aliphatic hydroxyl groups is 1. The fraction of sp³-hybridized carbons (Fsp3) is 0.435. The number of H-pyrrole nitrogens is 1. The predicted molar refractivity (Wildman–Crippen MR) is 129 cm³/mol. The number of fused-ring (bicyclic) bond motifs is 1. The number of carbonyl (C=O) groups is 5. The molecule has 4 unspecified atom stereocenters. The number of hydrogen-bond donors (Lipinski definition) is 8. The Bertz CT molecular complexity index is 1120. The molecular formula is C23H32N6O7. The molecular weight excluding hydrogens is 472 g/mol. The van der Waals surface area contributed by atoms with Gasteiger partial charge in [0.15, 0.2) is 0 Å². The normalized spacial score (nSPS) is 14.5. The van der Waals surface area contributed by atoms with E-state index >= 15 is 0 Å². The van der Waals surface area contributed by atoms with Gasteiger partial charge in [-0.2, -0.15) is 0 Å². The van der Waals surface area contributed by atoms with Gasteiger partial charge in [0.1, 0.15) is 18.1 Å². The molecule has 0 aliphatic carbocycles. The second-order valence-electron chi connectivity index (χ2n) is 8.71. The number of rotatable bonds is 13. The van der Waals surface area contributed by atoms with E-state index in [0.717, 1.165) is 16.5 Å². The molecule has 196 valence electrons. The molecule has 0 fully saturated rings. The predicted octanol–water partition coefficient (Wildman–Crippen LogP) is -1.90. The topological polar surface area (TPSA) is 230 Å². The number of aromatic amines is 1. The van der Waals surface area contributed by atoms with Crippen molar-refractivity contribution in [1.29, 1.82) is 0 Å². The van der Waals surface area contributed by atoms with Crippen molar-refractivity contribution in [1.82, 2.24) is 20.9 Å². The van der Waals surface area contributed by atoms with E-state index in [1.807, 2.05) is 29.6 Å². The van der Waals surface area contributed by atoms with Crippen LogP contribution in [0.3, 0.4) is 0 Å². The van der Waals surface area contributed by atoms with Crippen molar-refractivity contribution in [2.45, 2.75) is 50.9 Å². The first-order chi connectivity index (χ1) is 16.9. The Morgan fingerprint density at radius 1 is 0.972 bits per heavy atom. The smallest absolute Gasteiger partial charge is 0.328 e. The fourth-order valence-corrected chi connectivity index (χ4v) is 3.56. The van der Waals surface area contributed by atoms with Crippen LogP contribution in [0.4, 0.5) is 0 Å². The summed E-state index contributed by atoms with van der Waals surface area (Å²) in [6.07, 6.45) is 1.33. The molecule has 4 atom stereocenters. The second-order valence-corrected chi connectivity index (χ2v) is 8.71. The Balaban J connectivity index is 2.10. The molecule has 13 nitrogen and oxygen atoms in total. The minimum Gasteiger partial charge on any atom is -0.480 e. The molecule has 0 aliphatic rings. The van der Waals surface area contributed by atoms with E-state index in [2.05, 4.69) is 15.6 Å². The Hall–Kier alpha value is -3.97. The number of carboxylic acid groups (broad SMARTS) is 1. The van der Waals surface area contributed by atoms with Crippen LogP contribution in [0, 0.1) is 5.92 Å². The maximum absolute atomic E-state index is 13.0. The highest BCUT2D eigenvalue weighted by Gasteiger charge is 2.32. The number of primary amides is 1. The lowest BCUT2D eigenvalue weighted by atomic mass is 10.0. The third-order valence-corrected chi connectivity index (χ3v) is 5.53. The van der Waals surface area contributed by atoms with Gasteiger partial charge in [-0.25, -0.2) is 4.79 Å². The molecule has 0 saturated heterocycles. The number of aliphatic carboxylic acids is 1. The number of nitrogens with one attached hydrogen (secondary N) is 4. The number of nitrogens with two attached hydrogens (primary N) is 2. The van der Waals surface area contributed by atoms with Gasteiger partial charge in [-0.3, -0.25) is 19.2 Å². The van der Waals surface area contributed by atoms with E-state index in [9.17, 15) is 24.0 Å². The first kappa shape index (κ1) is 28.3. The van der Waals surface area contributed by atoms with Crippen molar-refractivity contribution in [2.75, 3.05) is 6.61 Å². The van der Waals surface area contributed by atoms with Gasteiger partial charge in [-0.05, 0) is 24.0 Å². The lowest BCUT2D eigenvalue weighted by Crippen LogP contribution is -2.59. The van der Waals surface area contributed by atoms with E-state index in [-0.39, 0.29) is 6.42 Å². The van der Waals surface area contributed by atoms with E-state index < -0.39 is 72.7 Å². The Kier molecular flexibility index (Phi) is 9.93. The summed E-state index contributed by atoms with van der Waals surface area (Å²) in [6, 6.07) is 2.24. The Labute approximate surface area is 207 Å². The maximum Gasteiger partial charge on any atom is 0.328 e. The van der Waals surface area contributed by atoms with Crippen molar-refractivity contribution in [3.05, 3.63) is 36.0 Å². The standard InChI is InChI=1S/C23H32N6O7/c1-11(2)19(22(34)27-16(8-18(25)31)21(33)28-17(10-30)23(35)36)29-20(32)14(24)7-12-9-26-15-6-4-3-5-13(12)15/h3-6,9,11,14,16-17,19,26,30H,7-8,10,24H2,1-2H3,(H2,25,31)(H,27,34)(H,28,33)(H,29,32)(H,35,36). The quantitative estimate of drug-likeness (QED) is 0.153. The van der Waals surface area contributed by atoms with Crippen molar-refractivity contribution in [2.24, 2.45) is 17.4 Å². The summed E-state index contributed by atoms with van der Waals surface area (Å²) in [6.45, 7) is 2.41. The monoisotopic (exact) mass is 504 g/mol. The summed E-state index contributed by atoms with van der Waals surface area (Å²) >= 11 is 0. The molecule has 1 heterocycles. The summed E-state index contributed by atoms with van der Waals surface area (Å²) < 4.78 is 0. The van der Waals surface area contributed by atoms with Crippen molar-refractivity contribution >= 4 is 40.5 Å². The number of carboxylic acids is 1. The zero-order chi connectivity index (χ0) is 27.0. The van der Waals surface area contributed by atoms with Crippen LogP contribution >= 0.6 is 0 Å². The number of hydrogen-bond acceptors (Lipinski definition) is 7. The average molecular weight is 505 g/mol. The third-order valence-electron chi connectivity index (χ3n) is 5.53. The van der Waals surface area contributed by atoms with E-state index in [1.165, 1.54) is 0 Å². The number of para-hydroxylation sites is 1. The molecule has 0 spiro atoms. The highest BCUT2D eigenvalue weighted by atomic mass is 16.4. The summed E-state index contributed by atoms with van der Waals surface area (Å²) in [5.41, 5.74) is 13.0. The van der Waals surface area contributed by atoms with Crippen LogP contribution < -0.4 is 27.4 Å². The van der Waals surface area contributed by atoms with Gasteiger partial charge in [0.05, 0.1) is 19.1 Å². The first-order valence-corrected chi connectivity index (χ1v) is 11.3. The van der Waals surface area contributed by atoms with Crippen LogP contribution in [-0.4, -0.2) is 75.6 Å². The van der Waals surface area contributed by atoms with E-state index in [0.29, 0.717) is 0 Å². The lowest BCUT2D eigenvalue weighted by molar-refractivity contribution is -0.143. The largest absolute Gasteiger partial charge is 0.480 e. The van der Waals surface area contributed by atoms with Crippen LogP contribution in [0.15, 0.2) is 30.5 Å². The molecule has 4 amide bonds. The Morgan fingerprint density at radius 2 is 1.61 bits per heavy atom. The molecule has 0 bridgehead atoms. The average Bonchev–Trinajstić information content (AvgIpc) is 3.22. The molecule has 0 saturated carbocycles. The Morgan fingerprint density at radius 3 is 2.19 bits per heavy atom. The van der Waals surface area contributed by atoms with Gasteiger partial charge in [0.2, 0.25) is 23.6 Å². The first-order valence-electron chi connectivity index (χ1n) is 11.3. The van der Waals surface area contributed by atoms with Crippen LogP contribution in [0.1, 0.15) is 25.8 Å². The highest BCUT2D eigenvalue weighted by Crippen LogP contribution is 2.19. The molecule has 13 heteroatoms. The summed E-state index contributed by atoms with van der Waals surface area (Å²) in [5.74, 6) is -5.31. The third kappa shape index (κ3) is 7.52. The summed E-state index contributed by atoms with van der Waals surface area (Å²) in [5, 5.41) is 26.0. The lowest BCUT2D eigenvalue weighted by Gasteiger charge is -2.26. The minimum atomic E-state index is -1.65. The molecule has 1 aromatic carbocycles. The molecule has 36 heavy (non-hydrogen) atoms. The molecule has 10 N–H and O–H groups in total.